The van der Waals surface area contributed by atoms with Gasteiger partial charge in [0, 0.05) is 60.4 Å². The largest absolute Gasteiger partial charge is 0.350 e. The van der Waals surface area contributed by atoms with E-state index in [4.69, 9.17) is 0 Å². The topological polar surface area (TPSA) is 21.1 Å². The van der Waals surface area contributed by atoms with Crippen LogP contribution in [-0.4, -0.2) is 21.0 Å². The Balaban J connectivity index is 1.50. The summed E-state index contributed by atoms with van der Waals surface area (Å²) in [4.78, 5) is 8.77. The zero-order valence-corrected chi connectivity index (χ0v) is 16.3. The molecule has 0 radical (unpaired) electrons. The van der Waals surface area contributed by atoms with Crippen LogP contribution in [0.4, 0.5) is 0 Å². The number of hydrogen-bond acceptors (Lipinski definition) is 3. The highest BCUT2D eigenvalue weighted by atomic mass is 32.1. The Bertz CT molecular complexity index is 1060. The van der Waals surface area contributed by atoms with Crippen LogP contribution in [0.1, 0.15) is 27.7 Å². The normalized spacial score (nSPS) is 17.3. The molecule has 1 atom stereocenters. The maximum atomic E-state index is 4.60. The van der Waals surface area contributed by atoms with E-state index >= 15 is 0 Å². The Kier molecular flexibility index (Phi) is 4.30. The molecule has 4 aromatic rings. The number of hydrogen-bond donors (Lipinski definition) is 0. The number of aryl methyl sites for hydroxylation is 1. The number of nitrogens with zero attached hydrogens (tertiary/aromatic N) is 3. The van der Waals surface area contributed by atoms with E-state index in [0.29, 0.717) is 6.04 Å². The Morgan fingerprint density at radius 2 is 2.00 bits per heavy atom. The SMILES string of the molecule is Cn1cc(CN2CCc3ccsc3C2Cc2ccccn2)c2ccccc21. The van der Waals surface area contributed by atoms with E-state index in [9.17, 15) is 0 Å². The molecule has 0 bridgehead atoms. The summed E-state index contributed by atoms with van der Waals surface area (Å²) in [5.41, 5.74) is 5.42. The van der Waals surface area contributed by atoms with Gasteiger partial charge < -0.3 is 4.57 Å². The molecule has 136 valence electrons. The second kappa shape index (κ2) is 6.95. The molecule has 0 saturated heterocycles. The number of fused-ring (bicyclic) bond motifs is 2. The summed E-state index contributed by atoms with van der Waals surface area (Å²) in [6.45, 7) is 2.08. The minimum absolute atomic E-state index is 0.405. The lowest BCUT2D eigenvalue weighted by Gasteiger charge is -2.35. The van der Waals surface area contributed by atoms with Crippen LogP contribution in [0.3, 0.4) is 0 Å². The molecule has 27 heavy (non-hydrogen) atoms. The van der Waals surface area contributed by atoms with Crippen molar-refractivity contribution in [2.75, 3.05) is 6.54 Å². The molecule has 4 heterocycles. The van der Waals surface area contributed by atoms with Crippen molar-refractivity contribution in [1.29, 1.82) is 0 Å². The molecule has 4 heteroatoms. The van der Waals surface area contributed by atoms with Crippen LogP contribution in [0.5, 0.6) is 0 Å². The predicted octanol–water partition coefficient (Wildman–Crippen LogP) is 4.98. The first-order valence-corrected chi connectivity index (χ1v) is 10.4. The molecular formula is C23H23N3S. The fraction of sp³-hybridized carbons (Fsp3) is 0.261. The zero-order valence-electron chi connectivity index (χ0n) is 15.5. The average molecular weight is 374 g/mol. The van der Waals surface area contributed by atoms with Crippen molar-refractivity contribution >= 4 is 22.2 Å². The lowest BCUT2D eigenvalue weighted by Crippen LogP contribution is -2.35. The van der Waals surface area contributed by atoms with Crippen LogP contribution in [0, 0.1) is 0 Å². The molecule has 0 aliphatic carbocycles. The highest BCUT2D eigenvalue weighted by Crippen LogP contribution is 2.37. The average Bonchev–Trinajstić information content (AvgIpc) is 3.30. The maximum Gasteiger partial charge on any atom is 0.0503 e. The number of para-hydroxylation sites is 1. The van der Waals surface area contributed by atoms with Crippen molar-refractivity contribution in [3.63, 3.8) is 0 Å². The number of aromatic nitrogens is 2. The monoisotopic (exact) mass is 373 g/mol. The number of thiophene rings is 1. The van der Waals surface area contributed by atoms with Gasteiger partial charge in [-0.05, 0) is 47.2 Å². The van der Waals surface area contributed by atoms with E-state index in [0.717, 1.165) is 25.9 Å². The van der Waals surface area contributed by atoms with E-state index in [1.807, 2.05) is 23.6 Å². The van der Waals surface area contributed by atoms with Crippen LogP contribution in [-0.2, 0) is 26.4 Å². The molecule has 0 fully saturated rings. The van der Waals surface area contributed by atoms with Gasteiger partial charge in [0.25, 0.3) is 0 Å². The van der Waals surface area contributed by atoms with Gasteiger partial charge >= 0.3 is 0 Å². The first-order chi connectivity index (χ1) is 13.3. The standard InChI is InChI=1S/C23H23N3S/c1-25-15-18(20-7-2-3-8-21(20)25)16-26-12-9-17-10-13-27-23(17)22(26)14-19-6-4-5-11-24-19/h2-8,10-11,13,15,22H,9,12,14,16H2,1H3. The molecular weight excluding hydrogens is 350 g/mol. The van der Waals surface area contributed by atoms with Gasteiger partial charge in [-0.3, -0.25) is 9.88 Å². The Hall–Kier alpha value is -2.43. The smallest absolute Gasteiger partial charge is 0.0503 e. The van der Waals surface area contributed by atoms with Gasteiger partial charge in [-0.15, -0.1) is 11.3 Å². The van der Waals surface area contributed by atoms with Gasteiger partial charge in [0.2, 0.25) is 0 Å². The minimum atomic E-state index is 0.405. The Morgan fingerprint density at radius 1 is 1.11 bits per heavy atom. The molecule has 3 nitrogen and oxygen atoms in total. The fourth-order valence-electron chi connectivity index (χ4n) is 4.33. The highest BCUT2D eigenvalue weighted by molar-refractivity contribution is 7.10. The van der Waals surface area contributed by atoms with Crippen LogP contribution in [0.25, 0.3) is 10.9 Å². The van der Waals surface area contributed by atoms with Crippen molar-refractivity contribution < 1.29 is 0 Å². The van der Waals surface area contributed by atoms with Crippen LogP contribution in [0.15, 0.2) is 66.3 Å². The molecule has 3 aromatic heterocycles. The third kappa shape index (κ3) is 3.09. The van der Waals surface area contributed by atoms with Crippen molar-refractivity contribution in [1.82, 2.24) is 14.5 Å². The van der Waals surface area contributed by atoms with E-state index in [2.05, 4.69) is 75.5 Å². The molecule has 5 rings (SSSR count). The molecule has 1 aliphatic rings. The summed E-state index contributed by atoms with van der Waals surface area (Å²) in [6, 6.07) is 17.7. The Labute approximate surface area is 163 Å². The van der Waals surface area contributed by atoms with Crippen molar-refractivity contribution in [3.05, 3.63) is 88.0 Å². The second-order valence-electron chi connectivity index (χ2n) is 7.35. The maximum absolute atomic E-state index is 4.60. The molecule has 0 N–H and O–H groups in total. The summed E-state index contributed by atoms with van der Waals surface area (Å²) < 4.78 is 2.25. The quantitative estimate of drug-likeness (QED) is 0.503. The molecule has 0 saturated carbocycles. The molecule has 0 amide bonds. The van der Waals surface area contributed by atoms with E-state index in [1.54, 1.807) is 0 Å². The van der Waals surface area contributed by atoms with Gasteiger partial charge in [0.05, 0.1) is 6.04 Å². The van der Waals surface area contributed by atoms with Crippen molar-refractivity contribution in [2.24, 2.45) is 7.05 Å². The van der Waals surface area contributed by atoms with Gasteiger partial charge in [-0.25, -0.2) is 0 Å². The third-order valence-electron chi connectivity index (χ3n) is 5.67. The summed E-state index contributed by atoms with van der Waals surface area (Å²) in [5, 5.41) is 3.62. The minimum Gasteiger partial charge on any atom is -0.350 e. The van der Waals surface area contributed by atoms with Crippen LogP contribution >= 0.6 is 11.3 Å². The summed E-state index contributed by atoms with van der Waals surface area (Å²) in [5.74, 6) is 0. The Morgan fingerprint density at radius 3 is 2.89 bits per heavy atom. The first-order valence-electron chi connectivity index (χ1n) is 9.53. The lowest BCUT2D eigenvalue weighted by atomic mass is 9.97. The van der Waals surface area contributed by atoms with Gasteiger partial charge in [-0.1, -0.05) is 24.3 Å². The van der Waals surface area contributed by atoms with E-state index < -0.39 is 0 Å². The van der Waals surface area contributed by atoms with Gasteiger partial charge in [0.15, 0.2) is 0 Å². The molecule has 1 aromatic carbocycles. The van der Waals surface area contributed by atoms with Crippen LogP contribution in [0.2, 0.25) is 0 Å². The van der Waals surface area contributed by atoms with Crippen molar-refractivity contribution in [2.45, 2.75) is 25.4 Å². The summed E-state index contributed by atoms with van der Waals surface area (Å²) >= 11 is 1.90. The third-order valence-corrected chi connectivity index (χ3v) is 6.73. The molecule has 1 aliphatic heterocycles. The van der Waals surface area contributed by atoms with Crippen molar-refractivity contribution in [3.8, 4) is 0 Å². The van der Waals surface area contributed by atoms with Crippen LogP contribution < -0.4 is 0 Å². The summed E-state index contributed by atoms with van der Waals surface area (Å²) in [7, 11) is 2.14. The second-order valence-corrected chi connectivity index (χ2v) is 8.30. The number of benzene rings is 1. The predicted molar refractivity (Wildman–Crippen MR) is 112 cm³/mol. The van der Waals surface area contributed by atoms with E-state index in [1.165, 1.54) is 32.6 Å². The number of pyridine rings is 1. The van der Waals surface area contributed by atoms with E-state index in [-0.39, 0.29) is 0 Å². The molecule has 1 unspecified atom stereocenters. The number of rotatable bonds is 4. The zero-order chi connectivity index (χ0) is 18.2. The van der Waals surface area contributed by atoms with Gasteiger partial charge in [-0.2, -0.15) is 0 Å². The first kappa shape index (κ1) is 16.7. The van der Waals surface area contributed by atoms with Gasteiger partial charge in [0.1, 0.15) is 0 Å². The summed E-state index contributed by atoms with van der Waals surface area (Å²) in [6.07, 6.45) is 6.32. The highest BCUT2D eigenvalue weighted by Gasteiger charge is 2.29. The fourth-order valence-corrected chi connectivity index (χ4v) is 5.42. The lowest BCUT2D eigenvalue weighted by molar-refractivity contribution is 0.178. The molecule has 0 spiro atoms.